The van der Waals surface area contributed by atoms with Crippen LogP contribution in [0.15, 0.2) is 47.3 Å². The summed E-state index contributed by atoms with van der Waals surface area (Å²) < 4.78 is 1.63. The standard InChI is InChI=1S/C17H19N3O/c1-11(18)8-12-4-3-5-13(9-12)14-6-7-15-16(10-14)20(2)17(21)19-15/h3-7,9-11H,8,18H2,1-2H3,(H,19,21). The molecule has 1 atom stereocenters. The monoisotopic (exact) mass is 281 g/mol. The van der Waals surface area contributed by atoms with E-state index < -0.39 is 0 Å². The molecular formula is C17H19N3O. The van der Waals surface area contributed by atoms with Gasteiger partial charge < -0.3 is 10.7 Å². The Hall–Kier alpha value is -2.33. The second-order valence-corrected chi connectivity index (χ2v) is 5.60. The first-order valence-corrected chi connectivity index (χ1v) is 7.08. The molecule has 3 N–H and O–H groups in total. The predicted molar refractivity (Wildman–Crippen MR) is 86.3 cm³/mol. The van der Waals surface area contributed by atoms with Crippen molar-refractivity contribution in [1.29, 1.82) is 0 Å². The number of nitrogens with zero attached hydrogens (tertiary/aromatic N) is 1. The van der Waals surface area contributed by atoms with Crippen LogP contribution in [0, 0.1) is 0 Å². The molecule has 4 nitrogen and oxygen atoms in total. The number of nitrogens with one attached hydrogen (secondary N) is 1. The summed E-state index contributed by atoms with van der Waals surface area (Å²) in [7, 11) is 1.78. The van der Waals surface area contributed by atoms with E-state index in [0.29, 0.717) is 0 Å². The van der Waals surface area contributed by atoms with Gasteiger partial charge in [0.05, 0.1) is 11.0 Å². The molecule has 0 spiro atoms. The molecule has 0 saturated heterocycles. The van der Waals surface area contributed by atoms with Crippen molar-refractivity contribution in [3.63, 3.8) is 0 Å². The van der Waals surface area contributed by atoms with Gasteiger partial charge in [-0.25, -0.2) is 4.79 Å². The lowest BCUT2D eigenvalue weighted by Gasteiger charge is -2.08. The van der Waals surface area contributed by atoms with Crippen LogP contribution in [-0.4, -0.2) is 15.6 Å². The second kappa shape index (κ2) is 5.22. The molecule has 1 unspecified atom stereocenters. The van der Waals surface area contributed by atoms with Crippen LogP contribution in [0.3, 0.4) is 0 Å². The van der Waals surface area contributed by atoms with Crippen LogP contribution in [0.4, 0.5) is 0 Å². The van der Waals surface area contributed by atoms with E-state index in [0.717, 1.165) is 28.6 Å². The lowest BCUT2D eigenvalue weighted by atomic mass is 10.00. The fourth-order valence-corrected chi connectivity index (χ4v) is 2.65. The third-order valence-corrected chi connectivity index (χ3v) is 3.72. The van der Waals surface area contributed by atoms with Crippen molar-refractivity contribution < 1.29 is 0 Å². The molecule has 21 heavy (non-hydrogen) atoms. The van der Waals surface area contributed by atoms with E-state index in [1.54, 1.807) is 11.6 Å². The van der Waals surface area contributed by atoms with Gasteiger partial charge in [0, 0.05) is 13.1 Å². The Kier molecular flexibility index (Phi) is 3.39. The quantitative estimate of drug-likeness (QED) is 0.774. The Balaban J connectivity index is 2.07. The van der Waals surface area contributed by atoms with Crippen molar-refractivity contribution in [3.05, 3.63) is 58.5 Å². The van der Waals surface area contributed by atoms with Crippen LogP contribution in [0.5, 0.6) is 0 Å². The molecular weight excluding hydrogens is 262 g/mol. The maximum atomic E-state index is 11.7. The van der Waals surface area contributed by atoms with Crippen LogP contribution in [0.25, 0.3) is 22.2 Å². The first-order valence-electron chi connectivity index (χ1n) is 7.08. The fourth-order valence-electron chi connectivity index (χ4n) is 2.65. The Morgan fingerprint density at radius 3 is 2.71 bits per heavy atom. The van der Waals surface area contributed by atoms with Crippen LogP contribution in [-0.2, 0) is 13.5 Å². The van der Waals surface area contributed by atoms with E-state index in [1.807, 2.05) is 31.2 Å². The summed E-state index contributed by atoms with van der Waals surface area (Å²) in [4.78, 5) is 14.5. The molecule has 0 radical (unpaired) electrons. The van der Waals surface area contributed by atoms with Crippen LogP contribution < -0.4 is 11.4 Å². The minimum atomic E-state index is -0.0899. The van der Waals surface area contributed by atoms with Crippen LogP contribution >= 0.6 is 0 Å². The number of benzene rings is 2. The molecule has 0 amide bonds. The number of H-pyrrole nitrogens is 1. The van der Waals surface area contributed by atoms with Gasteiger partial charge in [-0.1, -0.05) is 30.3 Å². The van der Waals surface area contributed by atoms with Gasteiger partial charge in [-0.15, -0.1) is 0 Å². The van der Waals surface area contributed by atoms with E-state index in [9.17, 15) is 4.79 Å². The maximum Gasteiger partial charge on any atom is 0.326 e. The van der Waals surface area contributed by atoms with Crippen LogP contribution in [0.2, 0.25) is 0 Å². The number of fused-ring (bicyclic) bond motifs is 1. The molecule has 0 aliphatic rings. The minimum Gasteiger partial charge on any atom is -0.328 e. The van der Waals surface area contributed by atoms with Gasteiger partial charge in [0.25, 0.3) is 0 Å². The molecule has 2 aromatic carbocycles. The third kappa shape index (κ3) is 2.62. The Bertz CT molecular complexity index is 843. The molecule has 3 rings (SSSR count). The van der Waals surface area contributed by atoms with E-state index in [-0.39, 0.29) is 11.7 Å². The first kappa shape index (κ1) is 13.6. The predicted octanol–water partition coefficient (Wildman–Crippen LogP) is 2.42. The summed E-state index contributed by atoms with van der Waals surface area (Å²) in [6.45, 7) is 2.01. The van der Waals surface area contributed by atoms with E-state index in [4.69, 9.17) is 5.73 Å². The molecule has 0 saturated carbocycles. The van der Waals surface area contributed by atoms with Gasteiger partial charge in [-0.05, 0) is 42.2 Å². The Labute approximate surface area is 123 Å². The van der Waals surface area contributed by atoms with Crippen molar-refractivity contribution in [2.45, 2.75) is 19.4 Å². The van der Waals surface area contributed by atoms with Gasteiger partial charge in [0.1, 0.15) is 0 Å². The van der Waals surface area contributed by atoms with Gasteiger partial charge in [-0.2, -0.15) is 0 Å². The number of nitrogens with two attached hydrogens (primary N) is 1. The lowest BCUT2D eigenvalue weighted by molar-refractivity contribution is 0.738. The molecule has 1 aromatic heterocycles. The minimum absolute atomic E-state index is 0.0899. The van der Waals surface area contributed by atoms with Gasteiger partial charge in [0.15, 0.2) is 0 Å². The zero-order valence-electron chi connectivity index (χ0n) is 12.3. The normalized spacial score (nSPS) is 12.7. The first-order chi connectivity index (χ1) is 10.0. The smallest absolute Gasteiger partial charge is 0.326 e. The number of rotatable bonds is 3. The van der Waals surface area contributed by atoms with Crippen molar-refractivity contribution in [3.8, 4) is 11.1 Å². The second-order valence-electron chi connectivity index (χ2n) is 5.60. The molecule has 4 heteroatoms. The van der Waals surface area contributed by atoms with Crippen molar-refractivity contribution in [2.24, 2.45) is 12.8 Å². The summed E-state index contributed by atoms with van der Waals surface area (Å²) in [5, 5.41) is 0. The van der Waals surface area contributed by atoms with Gasteiger partial charge in [0.2, 0.25) is 0 Å². The highest BCUT2D eigenvalue weighted by atomic mass is 16.1. The average molecular weight is 281 g/mol. The zero-order chi connectivity index (χ0) is 15.0. The number of hydrogen-bond acceptors (Lipinski definition) is 2. The van der Waals surface area contributed by atoms with Crippen molar-refractivity contribution >= 4 is 11.0 Å². The molecule has 3 aromatic rings. The average Bonchev–Trinajstić information content (AvgIpc) is 2.73. The van der Waals surface area contributed by atoms with E-state index >= 15 is 0 Å². The summed E-state index contributed by atoms with van der Waals surface area (Å²) in [5.74, 6) is 0. The van der Waals surface area contributed by atoms with E-state index in [2.05, 4.69) is 23.2 Å². The largest absolute Gasteiger partial charge is 0.328 e. The third-order valence-electron chi connectivity index (χ3n) is 3.72. The molecule has 0 bridgehead atoms. The van der Waals surface area contributed by atoms with Crippen molar-refractivity contribution in [1.82, 2.24) is 9.55 Å². The fraction of sp³-hybridized carbons (Fsp3) is 0.235. The highest BCUT2D eigenvalue weighted by molar-refractivity contribution is 5.82. The van der Waals surface area contributed by atoms with Gasteiger partial charge in [-0.3, -0.25) is 4.57 Å². The molecule has 0 fully saturated rings. The highest BCUT2D eigenvalue weighted by Crippen LogP contribution is 2.24. The number of aromatic nitrogens is 2. The topological polar surface area (TPSA) is 63.8 Å². The number of aryl methyl sites for hydroxylation is 1. The zero-order valence-corrected chi connectivity index (χ0v) is 12.3. The highest BCUT2D eigenvalue weighted by Gasteiger charge is 2.06. The summed E-state index contributed by atoms with van der Waals surface area (Å²) in [6, 6.07) is 14.6. The van der Waals surface area contributed by atoms with Gasteiger partial charge >= 0.3 is 5.69 Å². The summed E-state index contributed by atoms with van der Waals surface area (Å²) >= 11 is 0. The Morgan fingerprint density at radius 1 is 1.19 bits per heavy atom. The molecule has 1 heterocycles. The molecule has 108 valence electrons. The number of aromatic amines is 1. The number of imidazole rings is 1. The summed E-state index contributed by atoms with van der Waals surface area (Å²) in [5.41, 5.74) is 11.0. The SMILES string of the molecule is CC(N)Cc1cccc(-c2ccc3[nH]c(=O)n(C)c3c2)c1. The summed E-state index contributed by atoms with van der Waals surface area (Å²) in [6.07, 6.45) is 0.860. The Morgan fingerprint density at radius 2 is 1.95 bits per heavy atom. The molecule has 0 aliphatic heterocycles. The molecule has 0 aliphatic carbocycles. The van der Waals surface area contributed by atoms with Crippen LogP contribution in [0.1, 0.15) is 12.5 Å². The van der Waals surface area contributed by atoms with Crippen molar-refractivity contribution in [2.75, 3.05) is 0 Å². The maximum absolute atomic E-state index is 11.7. The number of hydrogen-bond donors (Lipinski definition) is 2. The van der Waals surface area contributed by atoms with E-state index in [1.165, 1.54) is 5.56 Å². The lowest BCUT2D eigenvalue weighted by Crippen LogP contribution is -2.17.